The van der Waals surface area contributed by atoms with Crippen LogP contribution < -0.4 is 4.74 Å². The third-order valence-electron chi connectivity index (χ3n) is 3.49. The molecule has 0 aromatic heterocycles. The van der Waals surface area contributed by atoms with Crippen LogP contribution in [0.25, 0.3) is 0 Å². The van der Waals surface area contributed by atoms with Gasteiger partial charge in [-0.05, 0) is 30.4 Å². The van der Waals surface area contributed by atoms with E-state index in [0.29, 0.717) is 23.1 Å². The molecule has 1 heterocycles. The van der Waals surface area contributed by atoms with Crippen molar-refractivity contribution in [3.63, 3.8) is 0 Å². The van der Waals surface area contributed by atoms with Gasteiger partial charge in [-0.1, -0.05) is 26.0 Å². The average molecular weight is 247 g/mol. The molecule has 1 aromatic carbocycles. The predicted octanol–water partition coefficient (Wildman–Crippen LogP) is 2.81. The second kappa shape index (κ2) is 5.42. The normalized spacial score (nSPS) is 23.8. The number of likely N-dealkylation sites (tertiary alicyclic amines) is 1. The van der Waals surface area contributed by atoms with E-state index in [0.717, 1.165) is 13.1 Å². The van der Waals surface area contributed by atoms with E-state index in [2.05, 4.69) is 13.8 Å². The van der Waals surface area contributed by atoms with E-state index in [1.165, 1.54) is 6.42 Å². The zero-order valence-corrected chi connectivity index (χ0v) is 11.3. The summed E-state index contributed by atoms with van der Waals surface area (Å²) in [6.45, 7) is 6.11. The van der Waals surface area contributed by atoms with Crippen molar-refractivity contribution >= 4 is 5.91 Å². The second-order valence-electron chi connectivity index (χ2n) is 5.36. The highest BCUT2D eigenvalue weighted by molar-refractivity contribution is 5.97. The van der Waals surface area contributed by atoms with Crippen LogP contribution in [0, 0.1) is 11.8 Å². The summed E-state index contributed by atoms with van der Waals surface area (Å²) in [5, 5.41) is 0. The number of nitrogens with zero attached hydrogens (tertiary/aromatic N) is 1. The predicted molar refractivity (Wildman–Crippen MR) is 71.8 cm³/mol. The zero-order valence-electron chi connectivity index (χ0n) is 11.3. The van der Waals surface area contributed by atoms with Gasteiger partial charge in [0.25, 0.3) is 5.91 Å². The van der Waals surface area contributed by atoms with E-state index in [-0.39, 0.29) is 5.91 Å². The number of ether oxygens (including phenoxy) is 1. The summed E-state index contributed by atoms with van der Waals surface area (Å²) in [5.74, 6) is 1.90. The van der Waals surface area contributed by atoms with Crippen molar-refractivity contribution in [1.29, 1.82) is 0 Å². The minimum Gasteiger partial charge on any atom is -0.496 e. The molecule has 1 fully saturated rings. The fourth-order valence-electron chi connectivity index (χ4n) is 2.82. The molecule has 3 nitrogen and oxygen atoms in total. The molecule has 0 aliphatic carbocycles. The van der Waals surface area contributed by atoms with Gasteiger partial charge in [-0.25, -0.2) is 0 Å². The molecule has 2 unspecified atom stereocenters. The van der Waals surface area contributed by atoms with Crippen LogP contribution in [0.1, 0.15) is 30.6 Å². The largest absolute Gasteiger partial charge is 0.496 e. The Kier molecular flexibility index (Phi) is 3.90. The van der Waals surface area contributed by atoms with Crippen molar-refractivity contribution in [3.05, 3.63) is 29.8 Å². The molecule has 1 amide bonds. The number of para-hydroxylation sites is 1. The van der Waals surface area contributed by atoms with Crippen LogP contribution in [-0.4, -0.2) is 31.0 Å². The van der Waals surface area contributed by atoms with Crippen molar-refractivity contribution < 1.29 is 9.53 Å². The lowest BCUT2D eigenvalue weighted by atomic mass is 9.91. The number of carbonyl (C=O) groups excluding carboxylic acids is 1. The molecule has 2 rings (SSSR count). The van der Waals surface area contributed by atoms with Crippen LogP contribution in [0.15, 0.2) is 24.3 Å². The molecule has 0 N–H and O–H groups in total. The molecule has 0 bridgehead atoms. The van der Waals surface area contributed by atoms with Gasteiger partial charge in [-0.3, -0.25) is 4.79 Å². The third-order valence-corrected chi connectivity index (χ3v) is 3.49. The van der Waals surface area contributed by atoms with Gasteiger partial charge < -0.3 is 9.64 Å². The SMILES string of the molecule is COc1ccccc1C(=O)N1CC(C)CC(C)C1. The first kappa shape index (κ1) is 12.9. The van der Waals surface area contributed by atoms with E-state index >= 15 is 0 Å². The molecule has 18 heavy (non-hydrogen) atoms. The fraction of sp³-hybridized carbons (Fsp3) is 0.533. The van der Waals surface area contributed by atoms with Crippen molar-refractivity contribution in [2.45, 2.75) is 20.3 Å². The number of rotatable bonds is 2. The van der Waals surface area contributed by atoms with Crippen LogP contribution in [0.5, 0.6) is 5.75 Å². The van der Waals surface area contributed by atoms with E-state index in [1.807, 2.05) is 29.2 Å². The summed E-state index contributed by atoms with van der Waals surface area (Å²) in [6, 6.07) is 7.44. The van der Waals surface area contributed by atoms with Gasteiger partial charge in [0.15, 0.2) is 0 Å². The number of hydrogen-bond donors (Lipinski definition) is 0. The van der Waals surface area contributed by atoms with Gasteiger partial charge >= 0.3 is 0 Å². The molecular weight excluding hydrogens is 226 g/mol. The summed E-state index contributed by atoms with van der Waals surface area (Å²) < 4.78 is 5.26. The number of amides is 1. The molecule has 1 aromatic rings. The van der Waals surface area contributed by atoms with E-state index in [9.17, 15) is 4.79 Å². The van der Waals surface area contributed by atoms with Gasteiger partial charge in [0.05, 0.1) is 12.7 Å². The Morgan fingerprint density at radius 3 is 2.44 bits per heavy atom. The standard InChI is InChI=1S/C15H21NO2/c1-11-8-12(2)10-16(9-11)15(17)13-6-4-5-7-14(13)18-3/h4-7,11-12H,8-10H2,1-3H3. The molecule has 0 radical (unpaired) electrons. The summed E-state index contributed by atoms with van der Waals surface area (Å²) in [6.07, 6.45) is 1.20. The van der Waals surface area contributed by atoms with Crippen LogP contribution in [0.3, 0.4) is 0 Å². The number of benzene rings is 1. The monoisotopic (exact) mass is 247 g/mol. The highest BCUT2D eigenvalue weighted by Gasteiger charge is 2.27. The fourth-order valence-corrected chi connectivity index (χ4v) is 2.82. The first-order chi connectivity index (χ1) is 8.61. The van der Waals surface area contributed by atoms with Gasteiger partial charge in [-0.2, -0.15) is 0 Å². The van der Waals surface area contributed by atoms with Gasteiger partial charge in [0.1, 0.15) is 5.75 Å². The smallest absolute Gasteiger partial charge is 0.257 e. The van der Waals surface area contributed by atoms with Crippen molar-refractivity contribution in [2.24, 2.45) is 11.8 Å². The molecule has 1 aliphatic heterocycles. The maximum Gasteiger partial charge on any atom is 0.257 e. The Morgan fingerprint density at radius 2 is 1.83 bits per heavy atom. The maximum absolute atomic E-state index is 12.5. The summed E-state index contributed by atoms with van der Waals surface area (Å²) in [5.41, 5.74) is 0.668. The maximum atomic E-state index is 12.5. The minimum absolute atomic E-state index is 0.0887. The van der Waals surface area contributed by atoms with Crippen molar-refractivity contribution in [1.82, 2.24) is 4.90 Å². The molecule has 0 saturated carbocycles. The van der Waals surface area contributed by atoms with Crippen molar-refractivity contribution in [2.75, 3.05) is 20.2 Å². The average Bonchev–Trinajstić information content (AvgIpc) is 2.36. The Bertz CT molecular complexity index is 420. The Morgan fingerprint density at radius 1 is 1.22 bits per heavy atom. The lowest BCUT2D eigenvalue weighted by Gasteiger charge is -2.35. The van der Waals surface area contributed by atoms with Crippen LogP contribution >= 0.6 is 0 Å². The quantitative estimate of drug-likeness (QED) is 0.804. The number of piperidine rings is 1. The lowest BCUT2D eigenvalue weighted by Crippen LogP contribution is -2.42. The van der Waals surface area contributed by atoms with Crippen LogP contribution in [0.2, 0.25) is 0 Å². The molecule has 0 spiro atoms. The highest BCUT2D eigenvalue weighted by Crippen LogP contribution is 2.25. The Balaban J connectivity index is 2.20. The minimum atomic E-state index is 0.0887. The molecule has 1 aliphatic rings. The highest BCUT2D eigenvalue weighted by atomic mass is 16.5. The first-order valence-electron chi connectivity index (χ1n) is 6.54. The third kappa shape index (κ3) is 2.66. The Hall–Kier alpha value is -1.51. The van der Waals surface area contributed by atoms with Crippen LogP contribution in [-0.2, 0) is 0 Å². The number of methoxy groups -OCH3 is 1. The summed E-state index contributed by atoms with van der Waals surface area (Å²) in [4.78, 5) is 14.5. The molecule has 1 saturated heterocycles. The second-order valence-corrected chi connectivity index (χ2v) is 5.36. The number of carbonyl (C=O) groups is 1. The van der Waals surface area contributed by atoms with E-state index < -0.39 is 0 Å². The Labute approximate surface area is 109 Å². The van der Waals surface area contributed by atoms with E-state index in [4.69, 9.17) is 4.74 Å². The summed E-state index contributed by atoms with van der Waals surface area (Å²) >= 11 is 0. The zero-order chi connectivity index (χ0) is 13.1. The molecule has 2 atom stereocenters. The number of hydrogen-bond acceptors (Lipinski definition) is 2. The van der Waals surface area contributed by atoms with Gasteiger partial charge in [0.2, 0.25) is 0 Å². The van der Waals surface area contributed by atoms with Crippen LogP contribution in [0.4, 0.5) is 0 Å². The summed E-state index contributed by atoms with van der Waals surface area (Å²) in [7, 11) is 1.60. The molecule has 3 heteroatoms. The van der Waals surface area contributed by atoms with Gasteiger partial charge in [-0.15, -0.1) is 0 Å². The van der Waals surface area contributed by atoms with Crippen molar-refractivity contribution in [3.8, 4) is 5.75 Å². The molecular formula is C15H21NO2. The van der Waals surface area contributed by atoms with Gasteiger partial charge in [0, 0.05) is 13.1 Å². The molecule has 98 valence electrons. The first-order valence-corrected chi connectivity index (χ1v) is 6.54. The lowest BCUT2D eigenvalue weighted by molar-refractivity contribution is 0.0620. The van der Waals surface area contributed by atoms with E-state index in [1.54, 1.807) is 7.11 Å². The topological polar surface area (TPSA) is 29.5 Å².